The van der Waals surface area contributed by atoms with Crippen molar-refractivity contribution >= 4 is 23.2 Å². The number of halogens is 2. The Bertz CT molecular complexity index is 1340. The Morgan fingerprint density at radius 1 is 0.742 bits per heavy atom. The van der Waals surface area contributed by atoms with Crippen LogP contribution >= 0.6 is 0 Å². The molecule has 2 amide bonds. The number of hydrogen-bond acceptors (Lipinski definition) is 3. The van der Waals surface area contributed by atoms with Crippen molar-refractivity contribution in [1.29, 1.82) is 0 Å². The lowest BCUT2D eigenvalue weighted by molar-refractivity contribution is -0.142. The molecule has 3 aliphatic rings. The highest BCUT2D eigenvalue weighted by atomic mass is 19.1. The molecule has 0 bridgehead atoms. The molecule has 0 fully saturated rings. The van der Waals surface area contributed by atoms with E-state index < -0.39 is 34.5 Å². The molecule has 3 heterocycles. The highest BCUT2D eigenvalue weighted by molar-refractivity contribution is 6.20. The predicted molar refractivity (Wildman–Crippen MR) is 109 cm³/mol. The van der Waals surface area contributed by atoms with Crippen LogP contribution in [0, 0.1) is 11.6 Å². The van der Waals surface area contributed by atoms with E-state index in [1.54, 1.807) is 38.4 Å². The molecule has 3 aromatic carbocycles. The summed E-state index contributed by atoms with van der Waals surface area (Å²) in [5.74, 6) is -1.71. The first kappa shape index (κ1) is 18.1. The van der Waals surface area contributed by atoms with Crippen LogP contribution in [-0.4, -0.2) is 25.9 Å². The first-order valence-electron chi connectivity index (χ1n) is 9.79. The van der Waals surface area contributed by atoms with Crippen molar-refractivity contribution in [2.75, 3.05) is 23.9 Å². The molecule has 31 heavy (non-hydrogen) atoms. The fraction of sp³-hybridized carbons (Fsp3) is 0.167. The third kappa shape index (κ3) is 1.78. The number of hydrogen-bond donors (Lipinski definition) is 0. The Morgan fingerprint density at radius 2 is 1.32 bits per heavy atom. The number of carbonyl (C=O) groups is 2. The van der Waals surface area contributed by atoms with Crippen LogP contribution < -0.4 is 14.5 Å². The molecule has 0 saturated carbocycles. The molecule has 5 nitrogen and oxygen atoms in total. The maximum atomic E-state index is 14.5. The SMILES string of the molecule is CN1C(=O)C2(Oc3ccccc3C23C(=O)N(C)c2ccc(F)cc23)c2cc(F)ccc21. The molecule has 0 aromatic heterocycles. The lowest BCUT2D eigenvalue weighted by Crippen LogP contribution is -2.59. The van der Waals surface area contributed by atoms with Gasteiger partial charge >= 0.3 is 0 Å². The van der Waals surface area contributed by atoms with Crippen molar-refractivity contribution in [3.8, 4) is 5.75 Å². The van der Waals surface area contributed by atoms with E-state index in [1.807, 2.05) is 0 Å². The Balaban J connectivity index is 1.82. The molecule has 2 atom stereocenters. The second-order valence-corrected chi connectivity index (χ2v) is 8.08. The van der Waals surface area contributed by atoms with Gasteiger partial charge in [0.25, 0.3) is 5.91 Å². The topological polar surface area (TPSA) is 49.9 Å². The maximum absolute atomic E-state index is 14.5. The van der Waals surface area contributed by atoms with E-state index in [0.717, 1.165) is 0 Å². The lowest BCUT2D eigenvalue weighted by Gasteiger charge is -2.37. The summed E-state index contributed by atoms with van der Waals surface area (Å²) in [5, 5.41) is 0. The normalized spacial score (nSPS) is 25.3. The molecule has 2 unspecified atom stereocenters. The first-order chi connectivity index (χ1) is 14.8. The van der Waals surface area contributed by atoms with E-state index in [-0.39, 0.29) is 5.56 Å². The van der Waals surface area contributed by atoms with Crippen LogP contribution in [0.15, 0.2) is 60.7 Å². The Hall–Kier alpha value is -3.74. The number of ether oxygens (including phenoxy) is 1. The molecular weight excluding hydrogens is 402 g/mol. The molecule has 0 saturated heterocycles. The predicted octanol–water partition coefficient (Wildman–Crippen LogP) is 3.49. The summed E-state index contributed by atoms with van der Waals surface area (Å²) in [6, 6.07) is 14.9. The smallest absolute Gasteiger partial charge is 0.277 e. The van der Waals surface area contributed by atoms with E-state index in [9.17, 15) is 18.4 Å². The zero-order valence-corrected chi connectivity index (χ0v) is 16.6. The van der Waals surface area contributed by atoms with Gasteiger partial charge in [-0.3, -0.25) is 9.59 Å². The highest BCUT2D eigenvalue weighted by Crippen LogP contribution is 2.66. The van der Waals surface area contributed by atoms with Crippen molar-refractivity contribution < 1.29 is 23.1 Å². The summed E-state index contributed by atoms with van der Waals surface area (Å²) in [6.45, 7) is 0. The van der Waals surface area contributed by atoms with Gasteiger partial charge in [-0.05, 0) is 42.5 Å². The van der Waals surface area contributed by atoms with Gasteiger partial charge in [0.05, 0.1) is 5.69 Å². The summed E-state index contributed by atoms with van der Waals surface area (Å²) < 4.78 is 35.3. The summed E-state index contributed by atoms with van der Waals surface area (Å²) in [6.07, 6.45) is 0. The largest absolute Gasteiger partial charge is 0.470 e. The zero-order valence-electron chi connectivity index (χ0n) is 16.6. The minimum absolute atomic E-state index is 0.245. The molecule has 2 spiro atoms. The number of carbonyl (C=O) groups excluding carboxylic acids is 2. The number of benzene rings is 3. The third-order valence-electron chi connectivity index (χ3n) is 6.74. The fourth-order valence-corrected chi connectivity index (χ4v) is 5.48. The van der Waals surface area contributed by atoms with Crippen molar-refractivity contribution in [2.24, 2.45) is 0 Å². The maximum Gasteiger partial charge on any atom is 0.277 e. The van der Waals surface area contributed by atoms with Gasteiger partial charge in [-0.1, -0.05) is 18.2 Å². The average Bonchev–Trinajstić information content (AvgIpc) is 3.27. The van der Waals surface area contributed by atoms with E-state index >= 15 is 0 Å². The first-order valence-corrected chi connectivity index (χ1v) is 9.79. The Morgan fingerprint density at radius 3 is 2.03 bits per heavy atom. The molecule has 3 aromatic rings. The molecule has 3 aliphatic heterocycles. The summed E-state index contributed by atoms with van der Waals surface area (Å²) in [5.41, 5.74) is -1.65. The number of amides is 2. The van der Waals surface area contributed by atoms with Gasteiger partial charge in [0.15, 0.2) is 5.41 Å². The van der Waals surface area contributed by atoms with Gasteiger partial charge in [0.1, 0.15) is 17.4 Å². The quantitative estimate of drug-likeness (QED) is 0.562. The minimum atomic E-state index is -1.90. The van der Waals surface area contributed by atoms with Gasteiger partial charge in [0.2, 0.25) is 11.5 Å². The highest BCUT2D eigenvalue weighted by Gasteiger charge is 2.76. The minimum Gasteiger partial charge on any atom is -0.470 e. The van der Waals surface area contributed by atoms with Crippen LogP contribution in [0.25, 0.3) is 0 Å². The second-order valence-electron chi connectivity index (χ2n) is 8.08. The van der Waals surface area contributed by atoms with Gasteiger partial charge in [-0.25, -0.2) is 8.78 Å². The molecule has 154 valence electrons. The van der Waals surface area contributed by atoms with Crippen molar-refractivity contribution in [1.82, 2.24) is 0 Å². The van der Waals surface area contributed by atoms with Crippen molar-refractivity contribution in [3.63, 3.8) is 0 Å². The van der Waals surface area contributed by atoms with E-state index in [2.05, 4.69) is 0 Å². The molecule has 7 heteroatoms. The van der Waals surface area contributed by atoms with Gasteiger partial charge < -0.3 is 14.5 Å². The van der Waals surface area contributed by atoms with Crippen LogP contribution in [0.3, 0.4) is 0 Å². The standard InChI is InChI=1S/C24H16F2N2O3/c1-27-18-9-7-13(25)11-16(18)23(21(27)29)15-5-3-4-6-20(15)31-24(23)17-12-14(26)8-10-19(17)28(2)22(24)30/h3-12H,1-2H3. The number of likely N-dealkylation sites (N-methyl/N-ethyl adjacent to an activating group) is 2. The third-order valence-corrected chi connectivity index (χ3v) is 6.74. The molecular formula is C24H16F2N2O3. The average molecular weight is 418 g/mol. The monoisotopic (exact) mass is 418 g/mol. The number of nitrogens with zero attached hydrogens (tertiary/aromatic N) is 2. The van der Waals surface area contributed by atoms with Crippen molar-refractivity contribution in [3.05, 3.63) is 89.0 Å². The Kier molecular flexibility index (Phi) is 3.20. The van der Waals surface area contributed by atoms with Crippen molar-refractivity contribution in [2.45, 2.75) is 11.0 Å². The van der Waals surface area contributed by atoms with Gasteiger partial charge in [-0.15, -0.1) is 0 Å². The summed E-state index contributed by atoms with van der Waals surface area (Å²) >= 11 is 0. The number of rotatable bonds is 0. The lowest BCUT2D eigenvalue weighted by atomic mass is 9.62. The molecule has 6 rings (SSSR count). The summed E-state index contributed by atoms with van der Waals surface area (Å²) in [4.78, 5) is 30.7. The summed E-state index contributed by atoms with van der Waals surface area (Å²) in [7, 11) is 3.14. The number of fused-ring (bicyclic) bond motifs is 7. The van der Waals surface area contributed by atoms with Crippen LogP contribution in [0.4, 0.5) is 20.2 Å². The van der Waals surface area contributed by atoms with Crippen LogP contribution in [0.2, 0.25) is 0 Å². The molecule has 0 radical (unpaired) electrons. The van der Waals surface area contributed by atoms with E-state index in [4.69, 9.17) is 4.74 Å². The van der Waals surface area contributed by atoms with Crippen LogP contribution in [0.5, 0.6) is 5.75 Å². The number of anilines is 2. The van der Waals surface area contributed by atoms with Gasteiger partial charge in [-0.2, -0.15) is 0 Å². The second kappa shape index (κ2) is 5.49. The van der Waals surface area contributed by atoms with Crippen LogP contribution in [0.1, 0.15) is 16.7 Å². The fourth-order valence-electron chi connectivity index (χ4n) is 5.48. The Labute approximate surface area is 176 Å². The molecule has 0 N–H and O–H groups in total. The van der Waals surface area contributed by atoms with E-state index in [1.165, 1.54) is 46.2 Å². The van der Waals surface area contributed by atoms with E-state index in [0.29, 0.717) is 28.3 Å². The zero-order chi connectivity index (χ0) is 21.7. The van der Waals surface area contributed by atoms with Gasteiger partial charge in [0, 0.05) is 36.5 Å². The number of para-hydroxylation sites is 1. The molecule has 0 aliphatic carbocycles. The van der Waals surface area contributed by atoms with Crippen LogP contribution in [-0.2, 0) is 20.6 Å².